The van der Waals surface area contributed by atoms with E-state index >= 15 is 0 Å². The molecule has 93 heavy (non-hydrogen) atoms. The number of esters is 4. The molecule has 4 unspecified atom stereocenters. The number of phosphoric acid groups is 2. The Morgan fingerprint density at radius 2 is 0.548 bits per heavy atom. The molecule has 7 atom stereocenters. The summed E-state index contributed by atoms with van der Waals surface area (Å²) in [5.41, 5.74) is 0. The number of aliphatic hydroxyl groups excluding tert-OH is 1. The summed E-state index contributed by atoms with van der Waals surface area (Å²) in [4.78, 5) is 72.6. The number of carbonyl (C=O) groups is 4. The molecule has 0 saturated carbocycles. The fourth-order valence-corrected chi connectivity index (χ4v) is 12.8. The van der Waals surface area contributed by atoms with E-state index < -0.39 is 97.5 Å². The molecule has 0 saturated heterocycles. The highest BCUT2D eigenvalue weighted by molar-refractivity contribution is 7.47. The second-order valence-corrected chi connectivity index (χ2v) is 30.6. The third-order valence-electron chi connectivity index (χ3n) is 17.9. The lowest BCUT2D eigenvalue weighted by atomic mass is 10.00. The van der Waals surface area contributed by atoms with Crippen molar-refractivity contribution in [3.05, 3.63) is 0 Å². The van der Waals surface area contributed by atoms with Gasteiger partial charge in [0, 0.05) is 25.7 Å². The normalized spacial score (nSPS) is 14.7. The molecule has 0 fully saturated rings. The molecule has 0 aromatic carbocycles. The third kappa shape index (κ3) is 65.8. The number of phosphoric ester groups is 2. The van der Waals surface area contributed by atoms with E-state index in [1.54, 1.807) is 0 Å². The van der Waals surface area contributed by atoms with Crippen LogP contribution in [0.15, 0.2) is 0 Å². The molecule has 0 aliphatic rings. The lowest BCUT2D eigenvalue weighted by Crippen LogP contribution is -2.30. The Morgan fingerprint density at radius 1 is 0.312 bits per heavy atom. The molecule has 17 nitrogen and oxygen atoms in total. The number of hydrogen-bond donors (Lipinski definition) is 3. The molecule has 0 aliphatic heterocycles. The molecule has 552 valence electrons. The van der Waals surface area contributed by atoms with Gasteiger partial charge in [0.2, 0.25) is 0 Å². The van der Waals surface area contributed by atoms with Crippen LogP contribution in [0.5, 0.6) is 0 Å². The van der Waals surface area contributed by atoms with Crippen molar-refractivity contribution in [2.45, 2.75) is 394 Å². The number of unbranched alkanes of at least 4 members (excludes halogenated alkanes) is 38. The van der Waals surface area contributed by atoms with Gasteiger partial charge in [0.1, 0.15) is 19.3 Å². The number of carbonyl (C=O) groups excluding carboxylic acids is 4. The third-order valence-corrected chi connectivity index (χ3v) is 19.8. The van der Waals surface area contributed by atoms with Crippen molar-refractivity contribution >= 4 is 39.5 Å². The van der Waals surface area contributed by atoms with Crippen molar-refractivity contribution in [1.82, 2.24) is 0 Å². The highest BCUT2D eigenvalue weighted by atomic mass is 31.2. The lowest BCUT2D eigenvalue weighted by molar-refractivity contribution is -0.161. The van der Waals surface area contributed by atoms with Gasteiger partial charge in [-0.25, -0.2) is 9.13 Å². The van der Waals surface area contributed by atoms with Crippen LogP contribution < -0.4 is 0 Å². The summed E-state index contributed by atoms with van der Waals surface area (Å²) in [5, 5.41) is 10.6. The Kier molecular flexibility index (Phi) is 63.4. The zero-order valence-corrected chi connectivity index (χ0v) is 62.5. The molecule has 0 heterocycles. The summed E-state index contributed by atoms with van der Waals surface area (Å²) in [6.07, 6.45) is 50.1. The predicted octanol–water partition coefficient (Wildman–Crippen LogP) is 21.4. The van der Waals surface area contributed by atoms with Gasteiger partial charge in [-0.15, -0.1) is 0 Å². The summed E-state index contributed by atoms with van der Waals surface area (Å²) < 4.78 is 68.4. The number of aliphatic hydroxyl groups is 1. The maximum Gasteiger partial charge on any atom is 0.472 e. The zero-order chi connectivity index (χ0) is 68.7. The molecule has 19 heteroatoms. The number of ether oxygens (including phenoxy) is 4. The van der Waals surface area contributed by atoms with Crippen molar-refractivity contribution in [2.75, 3.05) is 39.6 Å². The van der Waals surface area contributed by atoms with Gasteiger partial charge >= 0.3 is 39.5 Å². The molecule has 0 aliphatic carbocycles. The van der Waals surface area contributed by atoms with Gasteiger partial charge in [0.05, 0.1) is 26.4 Å². The van der Waals surface area contributed by atoms with Crippen LogP contribution in [0.4, 0.5) is 0 Å². The van der Waals surface area contributed by atoms with Crippen LogP contribution in [-0.4, -0.2) is 96.7 Å². The van der Waals surface area contributed by atoms with Gasteiger partial charge in [0.15, 0.2) is 12.2 Å². The van der Waals surface area contributed by atoms with Gasteiger partial charge in [-0.05, 0) is 43.4 Å². The van der Waals surface area contributed by atoms with Gasteiger partial charge in [-0.3, -0.25) is 37.3 Å². The van der Waals surface area contributed by atoms with Crippen LogP contribution in [0.3, 0.4) is 0 Å². The zero-order valence-electron chi connectivity index (χ0n) is 60.7. The minimum Gasteiger partial charge on any atom is -0.462 e. The first-order valence-corrected chi connectivity index (χ1v) is 41.4. The maximum absolute atomic E-state index is 13.1. The monoisotopic (exact) mass is 1370 g/mol. The second-order valence-electron chi connectivity index (χ2n) is 27.6. The average molecular weight is 1370 g/mol. The molecular formula is C74H144O17P2. The Bertz CT molecular complexity index is 1820. The van der Waals surface area contributed by atoms with E-state index in [1.807, 2.05) is 0 Å². The maximum atomic E-state index is 13.1. The Morgan fingerprint density at radius 3 is 0.817 bits per heavy atom. The van der Waals surface area contributed by atoms with Gasteiger partial charge in [-0.1, -0.05) is 325 Å². The summed E-state index contributed by atoms with van der Waals surface area (Å²) in [6.45, 7) is 11.8. The molecule has 0 bridgehead atoms. The van der Waals surface area contributed by atoms with Gasteiger partial charge in [-0.2, -0.15) is 0 Å². The quantitative estimate of drug-likeness (QED) is 0.0222. The van der Waals surface area contributed by atoms with E-state index in [9.17, 15) is 43.2 Å². The van der Waals surface area contributed by atoms with Crippen LogP contribution in [0.1, 0.15) is 376 Å². The predicted molar refractivity (Wildman–Crippen MR) is 377 cm³/mol. The molecule has 0 rings (SSSR count). The van der Waals surface area contributed by atoms with Crippen molar-refractivity contribution in [3.8, 4) is 0 Å². The van der Waals surface area contributed by atoms with Crippen LogP contribution in [-0.2, 0) is 65.4 Å². The van der Waals surface area contributed by atoms with Gasteiger partial charge < -0.3 is 33.8 Å². The second kappa shape index (κ2) is 64.7. The fourth-order valence-electron chi connectivity index (χ4n) is 11.2. The Hall–Kier alpha value is -1.94. The van der Waals surface area contributed by atoms with Gasteiger partial charge in [0.25, 0.3) is 0 Å². The van der Waals surface area contributed by atoms with Crippen LogP contribution in [0.2, 0.25) is 0 Å². The number of rotatable bonds is 72. The molecular weight excluding hydrogens is 1220 g/mol. The first-order valence-electron chi connectivity index (χ1n) is 38.4. The molecule has 0 amide bonds. The Balaban J connectivity index is 5.19. The summed E-state index contributed by atoms with van der Waals surface area (Å²) in [5.74, 6) is 0.146. The van der Waals surface area contributed by atoms with E-state index in [0.29, 0.717) is 25.7 Å². The van der Waals surface area contributed by atoms with E-state index in [-0.39, 0.29) is 25.7 Å². The minimum absolute atomic E-state index is 0.102. The molecule has 0 aromatic rings. The fraction of sp³-hybridized carbons (Fsp3) is 0.946. The highest BCUT2D eigenvalue weighted by Crippen LogP contribution is 2.45. The first-order chi connectivity index (χ1) is 44.8. The van der Waals surface area contributed by atoms with Crippen LogP contribution in [0.25, 0.3) is 0 Å². The standard InChI is InChI=1S/C74H144O17P2/c1-8-11-12-13-14-15-16-26-29-32-41-48-55-71(76)84-61-69(90-73(78)57-50-43-33-30-27-24-22-20-18-17-19-21-23-25-28-31-38-45-52-65(4)5)63-88-92(80,81)86-59-68(75)60-87-93(82,83)89-64-70(91-74(79)58-51-44-37-35-40-47-54-67(7)10-3)62-85-72(77)56-49-42-36-34-39-46-53-66(6)9-2/h65-70,75H,8-64H2,1-7H3,(H,80,81)(H,82,83)/t66?,67?,68-,69-,70-/m1/s1. The summed E-state index contributed by atoms with van der Waals surface area (Å²) in [6, 6.07) is 0. The topological polar surface area (TPSA) is 237 Å². The largest absolute Gasteiger partial charge is 0.472 e. The Labute approximate surface area is 568 Å². The van der Waals surface area contributed by atoms with E-state index in [2.05, 4.69) is 48.5 Å². The number of hydrogen-bond acceptors (Lipinski definition) is 15. The van der Waals surface area contributed by atoms with Crippen molar-refractivity contribution in [3.63, 3.8) is 0 Å². The van der Waals surface area contributed by atoms with Crippen molar-refractivity contribution < 1.29 is 80.2 Å². The smallest absolute Gasteiger partial charge is 0.462 e. The molecule has 0 aromatic heterocycles. The van der Waals surface area contributed by atoms with Crippen molar-refractivity contribution in [2.24, 2.45) is 17.8 Å². The average Bonchev–Trinajstić information content (AvgIpc) is 2.29. The molecule has 0 radical (unpaired) electrons. The highest BCUT2D eigenvalue weighted by Gasteiger charge is 2.30. The SMILES string of the molecule is CCCCCCCCCCCCCCC(=O)OC[C@H](COP(=O)(O)OC[C@@H](O)COP(=O)(O)OC[C@@H](COC(=O)CCCCCCCCC(C)CC)OC(=O)CCCCCCCCC(C)CC)OC(=O)CCCCCCCCCCCCCCCCCCCCC(C)C. The summed E-state index contributed by atoms with van der Waals surface area (Å²) in [7, 11) is -9.91. The minimum atomic E-state index is -4.96. The van der Waals surface area contributed by atoms with Crippen LogP contribution in [0, 0.1) is 17.8 Å². The summed E-state index contributed by atoms with van der Waals surface area (Å²) >= 11 is 0. The van der Waals surface area contributed by atoms with E-state index in [4.69, 9.17) is 37.0 Å². The van der Waals surface area contributed by atoms with Crippen LogP contribution >= 0.6 is 15.6 Å². The first kappa shape index (κ1) is 91.1. The molecule has 0 spiro atoms. The van der Waals surface area contributed by atoms with E-state index in [1.165, 1.54) is 180 Å². The molecule has 3 N–H and O–H groups in total. The lowest BCUT2D eigenvalue weighted by Gasteiger charge is -2.21. The van der Waals surface area contributed by atoms with E-state index in [0.717, 1.165) is 114 Å². The van der Waals surface area contributed by atoms with Crippen molar-refractivity contribution in [1.29, 1.82) is 0 Å².